The molecule has 2 nitrogen and oxygen atoms in total. The lowest BCUT2D eigenvalue weighted by Gasteiger charge is -2.17. The molecular formula is C15H14O2S. The van der Waals surface area contributed by atoms with Gasteiger partial charge in [-0.05, 0) is 37.5 Å². The zero-order valence-electron chi connectivity index (χ0n) is 9.96. The summed E-state index contributed by atoms with van der Waals surface area (Å²) in [6.45, 7) is 0. The van der Waals surface area contributed by atoms with Crippen molar-refractivity contribution in [1.29, 1.82) is 0 Å². The summed E-state index contributed by atoms with van der Waals surface area (Å²) in [5.74, 6) is 0.482. The lowest BCUT2D eigenvalue weighted by molar-refractivity contribution is 0.229. The molecule has 1 aliphatic carbocycles. The summed E-state index contributed by atoms with van der Waals surface area (Å²) in [5.41, 5.74) is 0.00308. The van der Waals surface area contributed by atoms with Crippen molar-refractivity contribution in [2.75, 3.05) is 0 Å². The first kappa shape index (κ1) is 11.5. The first-order chi connectivity index (χ1) is 8.84. The van der Waals surface area contributed by atoms with Crippen molar-refractivity contribution in [2.24, 2.45) is 0 Å². The molecule has 1 aliphatic rings. The lowest BCUT2D eigenvalue weighted by Crippen LogP contribution is -2.19. The van der Waals surface area contributed by atoms with Crippen molar-refractivity contribution in [3.63, 3.8) is 0 Å². The highest BCUT2D eigenvalue weighted by Crippen LogP contribution is 2.22. The normalized spacial score (nSPS) is 19.0. The van der Waals surface area contributed by atoms with Crippen LogP contribution in [-0.4, -0.2) is 6.10 Å². The van der Waals surface area contributed by atoms with E-state index in [0.717, 1.165) is 29.3 Å². The largest absolute Gasteiger partial charge is 0.481 e. The summed E-state index contributed by atoms with van der Waals surface area (Å²) in [6.07, 6.45) is 7.48. The Balaban J connectivity index is 1.97. The van der Waals surface area contributed by atoms with Gasteiger partial charge < -0.3 is 4.74 Å². The van der Waals surface area contributed by atoms with E-state index in [1.54, 1.807) is 11.3 Å². The quantitative estimate of drug-likeness (QED) is 0.767. The third kappa shape index (κ3) is 2.18. The van der Waals surface area contributed by atoms with Crippen molar-refractivity contribution >= 4 is 21.4 Å². The van der Waals surface area contributed by atoms with Crippen LogP contribution in [0.3, 0.4) is 0 Å². The Bertz CT molecular complexity index is 642. The molecule has 0 radical (unpaired) electrons. The summed E-state index contributed by atoms with van der Waals surface area (Å²) in [6, 6.07) is 7.66. The van der Waals surface area contributed by atoms with Crippen LogP contribution in [0.4, 0.5) is 0 Å². The monoisotopic (exact) mass is 258 g/mol. The molecule has 1 heterocycles. The average Bonchev–Trinajstić information content (AvgIpc) is 2.43. The minimum Gasteiger partial charge on any atom is -0.481 e. The molecular weight excluding hydrogens is 244 g/mol. The second kappa shape index (κ2) is 4.94. The summed E-state index contributed by atoms with van der Waals surface area (Å²) in [7, 11) is 0. The van der Waals surface area contributed by atoms with Gasteiger partial charge in [0.15, 0.2) is 5.75 Å². The van der Waals surface area contributed by atoms with Gasteiger partial charge in [0, 0.05) is 15.5 Å². The number of allylic oxidation sites excluding steroid dienone is 1. The topological polar surface area (TPSA) is 26.3 Å². The van der Waals surface area contributed by atoms with Gasteiger partial charge in [0.1, 0.15) is 6.10 Å². The zero-order chi connectivity index (χ0) is 12.4. The molecule has 1 unspecified atom stereocenters. The van der Waals surface area contributed by atoms with E-state index in [-0.39, 0.29) is 11.5 Å². The molecule has 2 aromatic rings. The molecule has 0 spiro atoms. The first-order valence-electron chi connectivity index (χ1n) is 6.18. The molecule has 0 bridgehead atoms. The highest BCUT2D eigenvalue weighted by molar-refractivity contribution is 7.16. The Labute approximate surface area is 110 Å². The summed E-state index contributed by atoms with van der Waals surface area (Å²) in [5, 5.41) is 2.58. The van der Waals surface area contributed by atoms with E-state index < -0.39 is 0 Å². The maximum Gasteiger partial charge on any atom is 0.229 e. The van der Waals surface area contributed by atoms with Crippen molar-refractivity contribution < 1.29 is 4.74 Å². The molecule has 0 fully saturated rings. The number of hydrogen-bond acceptors (Lipinski definition) is 3. The number of benzene rings is 1. The number of ether oxygens (including phenoxy) is 1. The third-order valence-corrected chi connectivity index (χ3v) is 4.08. The van der Waals surface area contributed by atoms with E-state index in [4.69, 9.17) is 4.74 Å². The summed E-state index contributed by atoms with van der Waals surface area (Å²) in [4.78, 5) is 12.3. The lowest BCUT2D eigenvalue weighted by atomic mass is 10.1. The highest BCUT2D eigenvalue weighted by atomic mass is 32.1. The fraction of sp³-hybridized carbons (Fsp3) is 0.267. The molecule has 1 atom stereocenters. The van der Waals surface area contributed by atoms with Crippen LogP contribution in [0.5, 0.6) is 5.75 Å². The first-order valence-corrected chi connectivity index (χ1v) is 7.06. The SMILES string of the molecule is O=c1c(OC2C=CCCC2)csc2ccccc12. The Morgan fingerprint density at radius 1 is 1.28 bits per heavy atom. The second-order valence-corrected chi connectivity index (χ2v) is 5.35. The predicted molar refractivity (Wildman–Crippen MR) is 75.5 cm³/mol. The molecule has 3 heteroatoms. The average molecular weight is 258 g/mol. The van der Waals surface area contributed by atoms with Crippen molar-refractivity contribution in [2.45, 2.75) is 25.4 Å². The molecule has 0 amide bonds. The van der Waals surface area contributed by atoms with Crippen LogP contribution in [0.2, 0.25) is 0 Å². The van der Waals surface area contributed by atoms with Crippen LogP contribution in [0.15, 0.2) is 46.6 Å². The molecule has 1 aromatic heterocycles. The third-order valence-electron chi connectivity index (χ3n) is 3.14. The smallest absolute Gasteiger partial charge is 0.229 e. The predicted octanol–water partition coefficient (Wildman–Crippen LogP) is 3.75. The van der Waals surface area contributed by atoms with Crippen LogP contribution in [0.1, 0.15) is 19.3 Å². The van der Waals surface area contributed by atoms with E-state index in [0.29, 0.717) is 5.75 Å². The molecule has 18 heavy (non-hydrogen) atoms. The van der Waals surface area contributed by atoms with Gasteiger partial charge in [0.05, 0.1) is 0 Å². The number of rotatable bonds is 2. The number of hydrogen-bond donors (Lipinski definition) is 0. The van der Waals surface area contributed by atoms with Gasteiger partial charge in [0.2, 0.25) is 5.43 Å². The van der Waals surface area contributed by atoms with Gasteiger partial charge in [-0.25, -0.2) is 0 Å². The Kier molecular flexibility index (Phi) is 3.15. The minimum absolute atomic E-state index is 0.00308. The fourth-order valence-electron chi connectivity index (χ4n) is 2.18. The van der Waals surface area contributed by atoms with E-state index in [9.17, 15) is 4.79 Å². The Morgan fingerprint density at radius 2 is 2.17 bits per heavy atom. The van der Waals surface area contributed by atoms with Crippen LogP contribution >= 0.6 is 11.3 Å². The van der Waals surface area contributed by atoms with Gasteiger partial charge in [0.25, 0.3) is 0 Å². The minimum atomic E-state index is 0.00308. The standard InChI is InChI=1S/C15H14O2S/c16-15-12-8-4-5-9-14(12)18-10-13(15)17-11-6-2-1-3-7-11/h2,4-6,8-11H,1,3,7H2. The van der Waals surface area contributed by atoms with Crippen molar-refractivity contribution in [3.05, 3.63) is 52.0 Å². The van der Waals surface area contributed by atoms with Gasteiger partial charge in [-0.15, -0.1) is 11.3 Å². The zero-order valence-corrected chi connectivity index (χ0v) is 10.8. The van der Waals surface area contributed by atoms with E-state index in [2.05, 4.69) is 12.2 Å². The van der Waals surface area contributed by atoms with Crippen LogP contribution < -0.4 is 10.2 Å². The maximum atomic E-state index is 12.3. The molecule has 3 rings (SSSR count). The van der Waals surface area contributed by atoms with Gasteiger partial charge in [-0.1, -0.05) is 18.2 Å². The Hall–Kier alpha value is -1.61. The molecule has 0 N–H and O–H groups in total. The summed E-state index contributed by atoms with van der Waals surface area (Å²) < 4.78 is 6.81. The fourth-order valence-corrected chi connectivity index (χ4v) is 3.03. The second-order valence-electron chi connectivity index (χ2n) is 4.44. The molecule has 1 aromatic carbocycles. The number of fused-ring (bicyclic) bond motifs is 1. The van der Waals surface area contributed by atoms with Crippen molar-refractivity contribution in [3.8, 4) is 5.75 Å². The van der Waals surface area contributed by atoms with E-state index in [1.165, 1.54) is 0 Å². The maximum absolute atomic E-state index is 12.3. The van der Waals surface area contributed by atoms with Crippen LogP contribution in [0.25, 0.3) is 10.1 Å². The van der Waals surface area contributed by atoms with E-state index >= 15 is 0 Å². The molecule has 0 aliphatic heterocycles. The van der Waals surface area contributed by atoms with E-state index in [1.807, 2.05) is 29.6 Å². The highest BCUT2D eigenvalue weighted by Gasteiger charge is 2.13. The van der Waals surface area contributed by atoms with Gasteiger partial charge in [-0.2, -0.15) is 0 Å². The molecule has 92 valence electrons. The van der Waals surface area contributed by atoms with Crippen molar-refractivity contribution in [1.82, 2.24) is 0 Å². The van der Waals surface area contributed by atoms with Crippen LogP contribution in [-0.2, 0) is 0 Å². The molecule has 0 saturated carbocycles. The van der Waals surface area contributed by atoms with Gasteiger partial charge >= 0.3 is 0 Å². The van der Waals surface area contributed by atoms with Crippen LogP contribution in [0, 0.1) is 0 Å². The Morgan fingerprint density at radius 3 is 3.00 bits per heavy atom. The van der Waals surface area contributed by atoms with Gasteiger partial charge in [-0.3, -0.25) is 4.79 Å². The summed E-state index contributed by atoms with van der Waals surface area (Å²) >= 11 is 1.56. The molecule has 0 saturated heterocycles.